The van der Waals surface area contributed by atoms with Crippen LogP contribution < -0.4 is 10.1 Å². The lowest BCUT2D eigenvalue weighted by molar-refractivity contribution is 0.0665. The molecule has 1 heterocycles. The quantitative estimate of drug-likeness (QED) is 0.853. The predicted octanol–water partition coefficient (Wildman–Crippen LogP) is 2.10. The first-order valence-electron chi connectivity index (χ1n) is 5.97. The molecule has 0 spiro atoms. The molecule has 1 aliphatic rings. The predicted molar refractivity (Wildman–Crippen MR) is 63.6 cm³/mol. The first-order chi connectivity index (χ1) is 8.29. The molecule has 0 saturated carbocycles. The van der Waals surface area contributed by atoms with Gasteiger partial charge in [0.05, 0.1) is 6.10 Å². The first-order valence-corrected chi connectivity index (χ1v) is 5.97. The molecule has 17 heavy (non-hydrogen) atoms. The summed E-state index contributed by atoms with van der Waals surface area (Å²) in [4.78, 5) is 0. The van der Waals surface area contributed by atoms with Gasteiger partial charge in [-0.05, 0) is 37.6 Å². The Morgan fingerprint density at radius 1 is 1.53 bits per heavy atom. The van der Waals surface area contributed by atoms with Gasteiger partial charge in [-0.3, -0.25) is 0 Å². The van der Waals surface area contributed by atoms with E-state index in [1.165, 1.54) is 6.07 Å². The van der Waals surface area contributed by atoms with E-state index >= 15 is 0 Å². The van der Waals surface area contributed by atoms with Crippen molar-refractivity contribution in [1.29, 1.82) is 0 Å². The zero-order valence-corrected chi connectivity index (χ0v) is 10.0. The van der Waals surface area contributed by atoms with Crippen LogP contribution in [0.25, 0.3) is 0 Å². The molecule has 0 aliphatic carbocycles. The van der Waals surface area contributed by atoms with Crippen molar-refractivity contribution >= 4 is 0 Å². The highest BCUT2D eigenvalue weighted by Gasteiger charge is 2.16. The minimum atomic E-state index is -0.309. The van der Waals surface area contributed by atoms with Gasteiger partial charge in [0.25, 0.3) is 0 Å². The van der Waals surface area contributed by atoms with Crippen LogP contribution in [0.5, 0.6) is 5.75 Å². The zero-order valence-electron chi connectivity index (χ0n) is 10.0. The number of benzene rings is 1. The van der Waals surface area contributed by atoms with Gasteiger partial charge in [-0.15, -0.1) is 0 Å². The van der Waals surface area contributed by atoms with E-state index in [-0.39, 0.29) is 11.9 Å². The molecule has 4 heteroatoms. The number of ether oxygens (including phenoxy) is 2. The molecule has 0 radical (unpaired) electrons. The summed E-state index contributed by atoms with van der Waals surface area (Å²) < 4.78 is 24.5. The van der Waals surface area contributed by atoms with Crippen molar-refractivity contribution in [1.82, 2.24) is 5.32 Å². The van der Waals surface area contributed by atoms with Crippen LogP contribution in [0.15, 0.2) is 18.2 Å². The third-order valence-corrected chi connectivity index (χ3v) is 2.83. The van der Waals surface area contributed by atoms with Gasteiger partial charge in [0.15, 0.2) is 11.6 Å². The van der Waals surface area contributed by atoms with E-state index in [1.807, 2.05) is 13.1 Å². The molecule has 1 fully saturated rings. The maximum absolute atomic E-state index is 13.7. The SMILES string of the molecule is CNCc1ccc(OCC2CCCO2)c(F)c1. The monoisotopic (exact) mass is 239 g/mol. The van der Waals surface area contributed by atoms with Gasteiger partial charge in [-0.2, -0.15) is 0 Å². The third-order valence-electron chi connectivity index (χ3n) is 2.83. The standard InChI is InChI=1S/C13H18FNO2/c1-15-8-10-4-5-13(12(14)7-10)17-9-11-3-2-6-16-11/h4-5,7,11,15H,2-3,6,8-9H2,1H3. The number of hydrogen-bond acceptors (Lipinski definition) is 3. The average molecular weight is 239 g/mol. The fourth-order valence-corrected chi connectivity index (χ4v) is 1.93. The second-order valence-corrected chi connectivity index (χ2v) is 4.24. The van der Waals surface area contributed by atoms with Crippen molar-refractivity contribution in [2.75, 3.05) is 20.3 Å². The smallest absolute Gasteiger partial charge is 0.165 e. The Bertz CT molecular complexity index is 364. The van der Waals surface area contributed by atoms with E-state index in [0.717, 1.165) is 25.0 Å². The molecule has 0 amide bonds. The maximum Gasteiger partial charge on any atom is 0.165 e. The molecule has 1 aliphatic heterocycles. The zero-order chi connectivity index (χ0) is 12.1. The van der Waals surface area contributed by atoms with E-state index < -0.39 is 0 Å². The number of halogens is 1. The Labute approximate surface area is 101 Å². The van der Waals surface area contributed by atoms with Gasteiger partial charge in [0.2, 0.25) is 0 Å². The van der Waals surface area contributed by atoms with Gasteiger partial charge < -0.3 is 14.8 Å². The Morgan fingerprint density at radius 2 is 2.41 bits per heavy atom. The van der Waals surface area contributed by atoms with Crippen LogP contribution in [0.4, 0.5) is 4.39 Å². The molecular formula is C13H18FNO2. The first kappa shape index (κ1) is 12.3. The van der Waals surface area contributed by atoms with Crippen molar-refractivity contribution in [3.8, 4) is 5.75 Å². The highest BCUT2D eigenvalue weighted by Crippen LogP contribution is 2.20. The molecule has 1 unspecified atom stereocenters. The summed E-state index contributed by atoms with van der Waals surface area (Å²) in [7, 11) is 1.83. The van der Waals surface area contributed by atoms with Gasteiger partial charge in [0, 0.05) is 13.2 Å². The lowest BCUT2D eigenvalue weighted by Crippen LogP contribution is -2.16. The van der Waals surface area contributed by atoms with E-state index in [1.54, 1.807) is 6.07 Å². The Morgan fingerprint density at radius 3 is 3.06 bits per heavy atom. The van der Waals surface area contributed by atoms with Crippen molar-refractivity contribution in [2.24, 2.45) is 0 Å². The lowest BCUT2D eigenvalue weighted by atomic mass is 10.2. The molecule has 3 nitrogen and oxygen atoms in total. The lowest BCUT2D eigenvalue weighted by Gasteiger charge is -2.12. The second kappa shape index (κ2) is 5.98. The van der Waals surface area contributed by atoms with E-state index in [9.17, 15) is 4.39 Å². The van der Waals surface area contributed by atoms with Gasteiger partial charge in [0.1, 0.15) is 6.61 Å². The highest BCUT2D eigenvalue weighted by molar-refractivity contribution is 5.29. The molecule has 1 saturated heterocycles. The second-order valence-electron chi connectivity index (χ2n) is 4.24. The largest absolute Gasteiger partial charge is 0.488 e. The molecule has 94 valence electrons. The summed E-state index contributed by atoms with van der Waals surface area (Å²) >= 11 is 0. The maximum atomic E-state index is 13.7. The van der Waals surface area contributed by atoms with Crippen LogP contribution in [0.2, 0.25) is 0 Å². The number of rotatable bonds is 5. The van der Waals surface area contributed by atoms with E-state index in [0.29, 0.717) is 18.9 Å². The Hall–Kier alpha value is -1.13. The molecule has 1 atom stereocenters. The topological polar surface area (TPSA) is 30.5 Å². The van der Waals surface area contributed by atoms with Crippen LogP contribution in [-0.4, -0.2) is 26.4 Å². The Balaban J connectivity index is 1.91. The fourth-order valence-electron chi connectivity index (χ4n) is 1.93. The summed E-state index contributed by atoms with van der Waals surface area (Å²) in [6, 6.07) is 5.04. The molecule has 1 N–H and O–H groups in total. The van der Waals surface area contributed by atoms with Crippen molar-refractivity contribution in [3.63, 3.8) is 0 Å². The average Bonchev–Trinajstić information content (AvgIpc) is 2.81. The van der Waals surface area contributed by atoms with Crippen LogP contribution in [-0.2, 0) is 11.3 Å². The van der Waals surface area contributed by atoms with Gasteiger partial charge >= 0.3 is 0 Å². The summed E-state index contributed by atoms with van der Waals surface area (Å²) in [5.74, 6) is -0.00361. The molecular weight excluding hydrogens is 221 g/mol. The highest BCUT2D eigenvalue weighted by atomic mass is 19.1. The number of hydrogen-bond donors (Lipinski definition) is 1. The fraction of sp³-hybridized carbons (Fsp3) is 0.538. The van der Waals surface area contributed by atoms with Crippen LogP contribution >= 0.6 is 0 Å². The molecule has 0 aromatic heterocycles. The van der Waals surface area contributed by atoms with Crippen LogP contribution in [0, 0.1) is 5.82 Å². The van der Waals surface area contributed by atoms with Gasteiger partial charge in [-0.25, -0.2) is 4.39 Å². The summed E-state index contributed by atoms with van der Waals surface area (Å²) in [5, 5.41) is 2.98. The summed E-state index contributed by atoms with van der Waals surface area (Å²) in [5.41, 5.74) is 0.912. The van der Waals surface area contributed by atoms with Gasteiger partial charge in [-0.1, -0.05) is 6.07 Å². The minimum absolute atomic E-state index is 0.117. The van der Waals surface area contributed by atoms with Crippen LogP contribution in [0.1, 0.15) is 18.4 Å². The molecule has 0 bridgehead atoms. The van der Waals surface area contributed by atoms with Crippen molar-refractivity contribution < 1.29 is 13.9 Å². The van der Waals surface area contributed by atoms with Crippen LogP contribution in [0.3, 0.4) is 0 Å². The van der Waals surface area contributed by atoms with Crippen molar-refractivity contribution in [2.45, 2.75) is 25.5 Å². The number of nitrogens with one attached hydrogen (secondary N) is 1. The minimum Gasteiger partial charge on any atom is -0.488 e. The normalized spacial score (nSPS) is 19.5. The van der Waals surface area contributed by atoms with Crippen molar-refractivity contribution in [3.05, 3.63) is 29.6 Å². The molecule has 1 aromatic carbocycles. The molecule has 2 rings (SSSR count). The summed E-state index contributed by atoms with van der Waals surface area (Å²) in [6.07, 6.45) is 2.18. The summed E-state index contributed by atoms with van der Waals surface area (Å²) in [6.45, 7) is 1.88. The van der Waals surface area contributed by atoms with E-state index in [4.69, 9.17) is 9.47 Å². The molecule has 1 aromatic rings. The third kappa shape index (κ3) is 3.41. The van der Waals surface area contributed by atoms with E-state index in [2.05, 4.69) is 5.32 Å². The Kier molecular flexibility index (Phi) is 4.34.